The third kappa shape index (κ3) is 3.65. The van der Waals surface area contributed by atoms with Gasteiger partial charge in [0.15, 0.2) is 5.82 Å². The SMILES string of the molecule is CC(C)CC(Cn1nnnc1C(C)n1cccn1)C(=O)O. The Hall–Kier alpha value is -2.25. The fraction of sp³-hybridized carbons (Fsp3) is 0.615. The number of rotatable bonds is 7. The number of aliphatic carboxylic acids is 1. The van der Waals surface area contributed by atoms with Crippen molar-refractivity contribution in [2.45, 2.75) is 39.8 Å². The highest BCUT2D eigenvalue weighted by atomic mass is 16.4. The Bertz CT molecular complexity index is 577. The number of hydrogen-bond acceptors (Lipinski definition) is 5. The summed E-state index contributed by atoms with van der Waals surface area (Å²) < 4.78 is 3.30. The van der Waals surface area contributed by atoms with Crippen molar-refractivity contribution in [3.63, 3.8) is 0 Å². The number of carbonyl (C=O) groups is 1. The Kier molecular flexibility index (Phi) is 4.66. The lowest BCUT2D eigenvalue weighted by Crippen LogP contribution is -2.25. The van der Waals surface area contributed by atoms with Gasteiger partial charge < -0.3 is 5.11 Å². The molecule has 2 heterocycles. The van der Waals surface area contributed by atoms with Gasteiger partial charge in [-0.1, -0.05) is 13.8 Å². The molecule has 0 aliphatic rings. The lowest BCUT2D eigenvalue weighted by Gasteiger charge is -2.17. The first-order valence-corrected chi connectivity index (χ1v) is 6.97. The normalized spacial score (nSPS) is 14.3. The minimum atomic E-state index is -0.822. The van der Waals surface area contributed by atoms with Gasteiger partial charge >= 0.3 is 5.97 Å². The Labute approximate surface area is 122 Å². The standard InChI is InChI=1S/C13H20N6O2/c1-9(2)7-11(13(20)21)8-19-12(15-16-17-19)10(3)18-6-4-5-14-18/h4-6,9-11H,7-8H2,1-3H3,(H,20,21). The van der Waals surface area contributed by atoms with Gasteiger partial charge in [0.05, 0.1) is 12.5 Å². The Morgan fingerprint density at radius 3 is 2.71 bits per heavy atom. The second-order valence-electron chi connectivity index (χ2n) is 5.55. The number of tetrazole rings is 1. The van der Waals surface area contributed by atoms with Gasteiger partial charge in [-0.15, -0.1) is 5.10 Å². The van der Waals surface area contributed by atoms with E-state index in [-0.39, 0.29) is 12.6 Å². The molecule has 0 aliphatic heterocycles. The summed E-state index contributed by atoms with van der Waals surface area (Å²) in [7, 11) is 0. The van der Waals surface area contributed by atoms with Crippen LogP contribution in [-0.4, -0.2) is 41.1 Å². The number of hydrogen-bond donors (Lipinski definition) is 1. The predicted molar refractivity (Wildman–Crippen MR) is 74.4 cm³/mol. The van der Waals surface area contributed by atoms with Crippen molar-refractivity contribution in [3.8, 4) is 0 Å². The summed E-state index contributed by atoms with van der Waals surface area (Å²) in [6, 6.07) is 1.67. The van der Waals surface area contributed by atoms with Crippen LogP contribution >= 0.6 is 0 Å². The van der Waals surface area contributed by atoms with Gasteiger partial charge in [-0.3, -0.25) is 9.48 Å². The van der Waals surface area contributed by atoms with E-state index in [1.165, 1.54) is 0 Å². The summed E-state index contributed by atoms with van der Waals surface area (Å²) in [5.74, 6) is -0.419. The summed E-state index contributed by atoms with van der Waals surface area (Å²) in [6.45, 7) is 6.19. The lowest BCUT2D eigenvalue weighted by atomic mass is 9.97. The van der Waals surface area contributed by atoms with Crippen LogP contribution in [0.5, 0.6) is 0 Å². The predicted octanol–water partition coefficient (Wildman–Crippen LogP) is 1.23. The molecule has 0 fully saturated rings. The van der Waals surface area contributed by atoms with Crippen molar-refractivity contribution < 1.29 is 9.90 Å². The molecule has 21 heavy (non-hydrogen) atoms. The molecule has 0 aromatic carbocycles. The van der Waals surface area contributed by atoms with Crippen molar-refractivity contribution in [1.82, 2.24) is 30.0 Å². The molecule has 114 valence electrons. The molecule has 0 radical (unpaired) electrons. The minimum Gasteiger partial charge on any atom is -0.481 e. The van der Waals surface area contributed by atoms with Gasteiger partial charge in [0.25, 0.3) is 0 Å². The first-order chi connectivity index (χ1) is 9.99. The molecule has 0 amide bonds. The van der Waals surface area contributed by atoms with Crippen LogP contribution in [-0.2, 0) is 11.3 Å². The van der Waals surface area contributed by atoms with Crippen LogP contribution < -0.4 is 0 Å². The second kappa shape index (κ2) is 6.47. The van der Waals surface area contributed by atoms with E-state index in [0.717, 1.165) is 0 Å². The topological polar surface area (TPSA) is 98.7 Å². The highest BCUT2D eigenvalue weighted by Gasteiger charge is 2.24. The molecule has 2 aromatic rings. The molecule has 2 aromatic heterocycles. The fourth-order valence-corrected chi connectivity index (χ4v) is 2.30. The van der Waals surface area contributed by atoms with Crippen LogP contribution in [0.25, 0.3) is 0 Å². The molecule has 0 aliphatic carbocycles. The van der Waals surface area contributed by atoms with Crippen LogP contribution in [0.2, 0.25) is 0 Å². The zero-order chi connectivity index (χ0) is 15.4. The molecular weight excluding hydrogens is 272 g/mol. The molecule has 8 nitrogen and oxygen atoms in total. The van der Waals surface area contributed by atoms with Crippen LogP contribution in [0.1, 0.15) is 39.1 Å². The van der Waals surface area contributed by atoms with Gasteiger partial charge in [0.2, 0.25) is 0 Å². The van der Waals surface area contributed by atoms with E-state index in [2.05, 4.69) is 20.6 Å². The third-order valence-electron chi connectivity index (χ3n) is 3.35. The first kappa shape index (κ1) is 15.1. The van der Waals surface area contributed by atoms with E-state index in [1.54, 1.807) is 15.6 Å². The van der Waals surface area contributed by atoms with Gasteiger partial charge in [0, 0.05) is 12.4 Å². The third-order valence-corrected chi connectivity index (χ3v) is 3.35. The summed E-state index contributed by atoms with van der Waals surface area (Å²) in [6.07, 6.45) is 4.10. The number of carboxylic acids is 1. The molecule has 2 atom stereocenters. The fourth-order valence-electron chi connectivity index (χ4n) is 2.30. The summed E-state index contributed by atoms with van der Waals surface area (Å²) in [5, 5.41) is 25.1. The average Bonchev–Trinajstić information content (AvgIpc) is 3.07. The molecule has 0 spiro atoms. The second-order valence-corrected chi connectivity index (χ2v) is 5.55. The van der Waals surface area contributed by atoms with Gasteiger partial charge in [-0.2, -0.15) is 5.10 Å². The Morgan fingerprint density at radius 1 is 1.38 bits per heavy atom. The van der Waals surface area contributed by atoms with E-state index < -0.39 is 11.9 Å². The number of aromatic nitrogens is 6. The average molecular weight is 292 g/mol. The van der Waals surface area contributed by atoms with Crippen molar-refractivity contribution >= 4 is 5.97 Å². The molecule has 1 N–H and O–H groups in total. The van der Waals surface area contributed by atoms with E-state index in [4.69, 9.17) is 0 Å². The van der Waals surface area contributed by atoms with E-state index in [0.29, 0.717) is 18.2 Å². The van der Waals surface area contributed by atoms with Gasteiger partial charge in [-0.25, -0.2) is 4.68 Å². The summed E-state index contributed by atoms with van der Waals surface area (Å²) in [5.41, 5.74) is 0. The molecular formula is C13H20N6O2. The first-order valence-electron chi connectivity index (χ1n) is 6.97. The zero-order valence-electron chi connectivity index (χ0n) is 12.4. The summed E-state index contributed by atoms with van der Waals surface area (Å²) >= 11 is 0. The van der Waals surface area contributed by atoms with Gasteiger partial charge in [0.1, 0.15) is 6.04 Å². The van der Waals surface area contributed by atoms with Crippen molar-refractivity contribution in [2.75, 3.05) is 0 Å². The number of carboxylic acid groups (broad SMARTS) is 1. The van der Waals surface area contributed by atoms with Gasteiger partial charge in [-0.05, 0) is 35.8 Å². The maximum absolute atomic E-state index is 11.4. The molecule has 2 unspecified atom stereocenters. The largest absolute Gasteiger partial charge is 0.481 e. The quantitative estimate of drug-likeness (QED) is 0.824. The molecule has 0 bridgehead atoms. The van der Waals surface area contributed by atoms with Crippen LogP contribution in [0, 0.1) is 11.8 Å². The Balaban J connectivity index is 2.17. The molecule has 0 saturated heterocycles. The van der Waals surface area contributed by atoms with E-state index in [1.807, 2.05) is 33.0 Å². The van der Waals surface area contributed by atoms with Crippen molar-refractivity contribution in [1.29, 1.82) is 0 Å². The molecule has 2 rings (SSSR count). The number of nitrogens with zero attached hydrogens (tertiary/aromatic N) is 6. The van der Waals surface area contributed by atoms with Crippen LogP contribution in [0.4, 0.5) is 0 Å². The van der Waals surface area contributed by atoms with Crippen molar-refractivity contribution in [2.24, 2.45) is 11.8 Å². The Morgan fingerprint density at radius 2 is 2.14 bits per heavy atom. The smallest absolute Gasteiger partial charge is 0.308 e. The van der Waals surface area contributed by atoms with Crippen molar-refractivity contribution in [3.05, 3.63) is 24.3 Å². The van der Waals surface area contributed by atoms with E-state index >= 15 is 0 Å². The highest BCUT2D eigenvalue weighted by molar-refractivity contribution is 5.69. The van der Waals surface area contributed by atoms with Crippen LogP contribution in [0.3, 0.4) is 0 Å². The molecule has 8 heteroatoms. The maximum atomic E-state index is 11.4. The monoisotopic (exact) mass is 292 g/mol. The highest BCUT2D eigenvalue weighted by Crippen LogP contribution is 2.18. The van der Waals surface area contributed by atoms with E-state index in [9.17, 15) is 9.90 Å². The zero-order valence-corrected chi connectivity index (χ0v) is 12.4. The molecule has 0 saturated carbocycles. The minimum absolute atomic E-state index is 0.150. The van der Waals surface area contributed by atoms with Crippen LogP contribution in [0.15, 0.2) is 18.5 Å². The lowest BCUT2D eigenvalue weighted by molar-refractivity contribution is -0.142. The summed E-state index contributed by atoms with van der Waals surface area (Å²) in [4.78, 5) is 11.4. The maximum Gasteiger partial charge on any atom is 0.308 e.